The molecule has 0 radical (unpaired) electrons. The van der Waals surface area contributed by atoms with Crippen LogP contribution in [0.1, 0.15) is 143 Å². The summed E-state index contributed by atoms with van der Waals surface area (Å²) in [6, 6.07) is 0. The van der Waals surface area contributed by atoms with Crippen molar-refractivity contribution in [3.63, 3.8) is 0 Å². The van der Waals surface area contributed by atoms with Gasteiger partial charge in [0, 0.05) is 18.3 Å². The van der Waals surface area contributed by atoms with Crippen LogP contribution in [0, 0.1) is 0 Å². The zero-order chi connectivity index (χ0) is 21.0. The zero-order valence-electron chi connectivity index (χ0n) is 20.2. The number of aliphatic imine (C=N–C) groups is 1. The molecule has 1 aliphatic rings. The lowest BCUT2D eigenvalue weighted by Gasteiger charge is -2.30. The van der Waals surface area contributed by atoms with Gasteiger partial charge < -0.3 is 4.31 Å². The summed E-state index contributed by atoms with van der Waals surface area (Å²) in [5.74, 6) is 1.29. The predicted molar refractivity (Wildman–Crippen MR) is 135 cm³/mol. The molecule has 0 amide bonds. The topological polar surface area (TPSA) is 15.6 Å². The van der Waals surface area contributed by atoms with Crippen LogP contribution in [0.5, 0.6) is 0 Å². The maximum Gasteiger partial charge on any atom is 0.106 e. The molecule has 1 aliphatic carbocycles. The maximum absolute atomic E-state index is 4.99. The molecule has 0 aromatic heterocycles. The van der Waals surface area contributed by atoms with Gasteiger partial charge in [-0.2, -0.15) is 0 Å². The monoisotopic (exact) mass is 424 g/mol. The molecule has 1 rings (SSSR count). The Kier molecular flexibility index (Phi) is 18.3. The van der Waals surface area contributed by atoms with Crippen LogP contribution in [0.4, 0.5) is 0 Å². The fourth-order valence-corrected chi connectivity index (χ4v) is 5.59. The molecule has 1 fully saturated rings. The third kappa shape index (κ3) is 15.3. The second-order valence-electron chi connectivity index (χ2n) is 9.14. The average molecular weight is 425 g/mol. The number of amidine groups is 1. The second-order valence-corrected chi connectivity index (χ2v) is 10.5. The van der Waals surface area contributed by atoms with E-state index in [0.29, 0.717) is 0 Å². The minimum absolute atomic E-state index is 0.831. The number of rotatable bonds is 18. The lowest BCUT2D eigenvalue weighted by atomic mass is 10.0. The third-order valence-electron chi connectivity index (χ3n) is 6.26. The first kappa shape index (κ1) is 26.9. The van der Waals surface area contributed by atoms with E-state index < -0.39 is 0 Å². The Morgan fingerprint density at radius 2 is 1.24 bits per heavy atom. The summed E-state index contributed by atoms with van der Waals surface area (Å²) >= 11 is 2.13. The quantitative estimate of drug-likeness (QED) is 0.0942. The van der Waals surface area contributed by atoms with Crippen LogP contribution >= 0.6 is 11.9 Å². The maximum atomic E-state index is 4.99. The molecule has 1 saturated carbocycles. The van der Waals surface area contributed by atoms with Crippen LogP contribution in [0.2, 0.25) is 0 Å². The molecule has 0 aliphatic heterocycles. The molecule has 0 spiro atoms. The molecule has 3 heteroatoms. The fraction of sp³-hybridized carbons (Fsp3) is 0.962. The van der Waals surface area contributed by atoms with E-state index in [-0.39, 0.29) is 0 Å². The van der Waals surface area contributed by atoms with E-state index in [1.54, 1.807) is 0 Å². The van der Waals surface area contributed by atoms with Crippen LogP contribution in [-0.2, 0) is 0 Å². The number of unbranched alkanes of at least 4 members (excludes halogenated alkanes) is 12. The average Bonchev–Trinajstić information content (AvgIpc) is 2.74. The zero-order valence-corrected chi connectivity index (χ0v) is 21.0. The van der Waals surface area contributed by atoms with E-state index in [1.807, 2.05) is 0 Å². The summed E-state index contributed by atoms with van der Waals surface area (Å²) in [5, 5.41) is 0.831. The lowest BCUT2D eigenvalue weighted by Crippen LogP contribution is -2.27. The van der Waals surface area contributed by atoms with Crippen LogP contribution < -0.4 is 0 Å². The van der Waals surface area contributed by atoms with E-state index in [1.165, 1.54) is 134 Å². The summed E-state index contributed by atoms with van der Waals surface area (Å²) in [6.45, 7) is 9.08. The van der Waals surface area contributed by atoms with Crippen LogP contribution in [0.25, 0.3) is 0 Å². The van der Waals surface area contributed by atoms with Crippen molar-refractivity contribution in [2.45, 2.75) is 148 Å². The summed E-state index contributed by atoms with van der Waals surface area (Å²) in [4.78, 5) is 4.99. The molecule has 0 saturated heterocycles. The van der Waals surface area contributed by atoms with Crippen molar-refractivity contribution >= 4 is 17.8 Å². The highest BCUT2D eigenvalue weighted by atomic mass is 32.2. The molecule has 0 unspecified atom stereocenters. The van der Waals surface area contributed by atoms with Crippen molar-refractivity contribution in [2.24, 2.45) is 4.99 Å². The summed E-state index contributed by atoms with van der Waals surface area (Å²) < 4.78 is 2.57. The lowest BCUT2D eigenvalue weighted by molar-refractivity contribution is 0.501. The predicted octanol–water partition coefficient (Wildman–Crippen LogP) is 9.19. The van der Waals surface area contributed by atoms with Crippen molar-refractivity contribution < 1.29 is 0 Å². The first-order valence-corrected chi connectivity index (χ1v) is 14.1. The third-order valence-corrected chi connectivity index (χ3v) is 7.73. The van der Waals surface area contributed by atoms with Crippen LogP contribution in [0.15, 0.2) is 4.99 Å². The first-order valence-electron chi connectivity index (χ1n) is 13.2. The Morgan fingerprint density at radius 3 is 1.83 bits per heavy atom. The van der Waals surface area contributed by atoms with Crippen molar-refractivity contribution in [3.8, 4) is 0 Å². The highest BCUT2D eigenvalue weighted by molar-refractivity contribution is 7.98. The van der Waals surface area contributed by atoms with Gasteiger partial charge in [-0.3, -0.25) is 4.99 Å². The highest BCUT2D eigenvalue weighted by Gasteiger charge is 2.19. The number of nitrogens with zero attached hydrogens (tertiary/aromatic N) is 2. The largest absolute Gasteiger partial charge is 0.304 e. The summed E-state index contributed by atoms with van der Waals surface area (Å²) in [5.41, 5.74) is 0. The van der Waals surface area contributed by atoms with E-state index in [2.05, 4.69) is 37.0 Å². The summed E-state index contributed by atoms with van der Waals surface area (Å²) in [6.07, 6.45) is 26.5. The SMILES string of the molecule is CCCCCCCCCN=C(C)N(CCCCCCCCC)SC1CCCCC1. The van der Waals surface area contributed by atoms with Gasteiger partial charge in [0.05, 0.1) is 0 Å². The molecule has 29 heavy (non-hydrogen) atoms. The molecule has 0 bridgehead atoms. The first-order chi connectivity index (χ1) is 14.3. The Bertz CT molecular complexity index is 377. The van der Waals surface area contributed by atoms with Gasteiger partial charge in [-0.05, 0) is 44.6 Å². The van der Waals surface area contributed by atoms with Gasteiger partial charge in [-0.25, -0.2) is 0 Å². The van der Waals surface area contributed by atoms with Gasteiger partial charge in [-0.15, -0.1) is 0 Å². The Hall–Kier alpha value is -0.180. The van der Waals surface area contributed by atoms with Gasteiger partial charge in [0.2, 0.25) is 0 Å². The van der Waals surface area contributed by atoms with E-state index in [9.17, 15) is 0 Å². The summed E-state index contributed by atoms with van der Waals surface area (Å²) in [7, 11) is 0. The molecule has 0 atom stereocenters. The van der Waals surface area contributed by atoms with Crippen LogP contribution in [-0.4, -0.2) is 28.5 Å². The molecule has 0 N–H and O–H groups in total. The van der Waals surface area contributed by atoms with Crippen molar-refractivity contribution in [2.75, 3.05) is 13.1 Å². The minimum atomic E-state index is 0.831. The molecule has 172 valence electrons. The Balaban J connectivity index is 2.30. The molecule has 0 heterocycles. The van der Waals surface area contributed by atoms with Gasteiger partial charge >= 0.3 is 0 Å². The van der Waals surface area contributed by atoms with Gasteiger partial charge in [-0.1, -0.05) is 110 Å². The smallest absolute Gasteiger partial charge is 0.106 e. The van der Waals surface area contributed by atoms with Gasteiger partial charge in [0.1, 0.15) is 5.84 Å². The highest BCUT2D eigenvalue weighted by Crippen LogP contribution is 2.31. The van der Waals surface area contributed by atoms with E-state index >= 15 is 0 Å². The molecule has 2 nitrogen and oxygen atoms in total. The molecule has 0 aromatic rings. The van der Waals surface area contributed by atoms with Gasteiger partial charge in [0.15, 0.2) is 0 Å². The van der Waals surface area contributed by atoms with Gasteiger partial charge in [0.25, 0.3) is 0 Å². The number of hydrogen-bond acceptors (Lipinski definition) is 2. The Morgan fingerprint density at radius 1 is 0.724 bits per heavy atom. The van der Waals surface area contributed by atoms with E-state index in [4.69, 9.17) is 4.99 Å². The fourth-order valence-electron chi connectivity index (χ4n) is 4.24. The van der Waals surface area contributed by atoms with E-state index in [0.717, 1.165) is 11.8 Å². The molecular formula is C26H52N2S. The van der Waals surface area contributed by atoms with Crippen LogP contribution in [0.3, 0.4) is 0 Å². The van der Waals surface area contributed by atoms with Crippen molar-refractivity contribution in [1.82, 2.24) is 4.31 Å². The molecule has 0 aromatic carbocycles. The van der Waals surface area contributed by atoms with Crippen molar-refractivity contribution in [1.29, 1.82) is 0 Å². The van der Waals surface area contributed by atoms with Crippen molar-refractivity contribution in [3.05, 3.63) is 0 Å². The number of hydrogen-bond donors (Lipinski definition) is 0. The normalized spacial score (nSPS) is 15.8. The second kappa shape index (κ2) is 19.8. The molecular weight excluding hydrogens is 372 g/mol. The standard InChI is InChI=1S/C26H52N2S/c1-4-6-8-10-12-14-19-23-27-25(3)28(29-26-21-17-16-18-22-26)24-20-15-13-11-9-7-5-2/h26H,4-24H2,1-3H3. The Labute approximate surface area is 188 Å². The minimum Gasteiger partial charge on any atom is -0.304 e.